The zero-order valence-corrected chi connectivity index (χ0v) is 24.0. The fourth-order valence-electron chi connectivity index (χ4n) is 6.81. The number of ether oxygens (including phenoxy) is 2. The summed E-state index contributed by atoms with van der Waals surface area (Å²) in [5.74, 6) is 1.70. The van der Waals surface area contributed by atoms with Crippen LogP contribution in [0, 0.1) is 5.92 Å². The van der Waals surface area contributed by atoms with Crippen molar-refractivity contribution in [3.63, 3.8) is 0 Å². The Labute approximate surface area is 233 Å². The molecule has 1 saturated heterocycles. The van der Waals surface area contributed by atoms with Crippen molar-refractivity contribution in [3.8, 4) is 11.5 Å². The van der Waals surface area contributed by atoms with Crippen molar-refractivity contribution in [2.75, 3.05) is 38.6 Å². The number of carbonyl (C=O) groups is 1. The largest absolute Gasteiger partial charge is 0.486 e. The molecule has 2 aliphatic carbocycles. The Morgan fingerprint density at radius 1 is 1.15 bits per heavy atom. The van der Waals surface area contributed by atoms with Gasteiger partial charge >= 0.3 is 0 Å². The van der Waals surface area contributed by atoms with Crippen LogP contribution < -0.4 is 14.8 Å². The summed E-state index contributed by atoms with van der Waals surface area (Å²) in [6, 6.07) is 4.94. The molecule has 1 aromatic carbocycles. The molecule has 2 unspecified atom stereocenters. The van der Waals surface area contributed by atoms with Crippen LogP contribution in [-0.4, -0.2) is 73.7 Å². The number of aliphatic hydroxyl groups excluding tert-OH is 1. The fourth-order valence-corrected chi connectivity index (χ4v) is 8.70. The maximum absolute atomic E-state index is 13.3. The van der Waals surface area contributed by atoms with Gasteiger partial charge in [-0.1, -0.05) is 17.7 Å². The van der Waals surface area contributed by atoms with Gasteiger partial charge in [0, 0.05) is 13.0 Å². The first-order valence-corrected chi connectivity index (χ1v) is 16.4. The van der Waals surface area contributed by atoms with Crippen LogP contribution in [0.1, 0.15) is 82.8 Å². The maximum Gasteiger partial charge on any atom is 0.220 e. The molecule has 0 spiro atoms. The van der Waals surface area contributed by atoms with E-state index in [4.69, 9.17) is 9.47 Å². The predicted octanol–water partition coefficient (Wildman–Crippen LogP) is 3.94. The van der Waals surface area contributed by atoms with E-state index in [2.05, 4.69) is 10.2 Å². The van der Waals surface area contributed by atoms with Gasteiger partial charge in [0.1, 0.15) is 19.3 Å². The quantitative estimate of drug-likeness (QED) is 0.312. The Balaban J connectivity index is 1.16. The van der Waals surface area contributed by atoms with E-state index < -0.39 is 26.7 Å². The Morgan fingerprint density at radius 3 is 2.69 bits per heavy atom. The summed E-state index contributed by atoms with van der Waals surface area (Å²) in [6.45, 7) is 5.31. The number of nitrogens with zero attached hydrogens (tertiary/aromatic N) is 1. The summed E-state index contributed by atoms with van der Waals surface area (Å²) >= 11 is 0. The van der Waals surface area contributed by atoms with Crippen molar-refractivity contribution in [1.29, 1.82) is 0 Å². The number of nitrogens with one attached hydrogen (secondary N) is 1. The second-order valence-corrected chi connectivity index (χ2v) is 14.7. The first-order valence-electron chi connectivity index (χ1n) is 14.7. The molecule has 4 atom stereocenters. The van der Waals surface area contributed by atoms with E-state index in [1.165, 1.54) is 12.0 Å². The van der Waals surface area contributed by atoms with Crippen molar-refractivity contribution in [1.82, 2.24) is 10.2 Å². The van der Waals surface area contributed by atoms with Gasteiger partial charge in [-0.05, 0) is 101 Å². The average Bonchev–Trinajstić information content (AvgIpc) is 3.43. The lowest BCUT2D eigenvalue weighted by Gasteiger charge is -2.39. The minimum atomic E-state index is -3.30. The van der Waals surface area contributed by atoms with Gasteiger partial charge in [0.05, 0.1) is 16.5 Å². The van der Waals surface area contributed by atoms with Gasteiger partial charge in [0.25, 0.3) is 0 Å². The predicted molar refractivity (Wildman–Crippen MR) is 151 cm³/mol. The number of amides is 1. The number of hydrogen-bond donors (Lipinski definition) is 2. The number of carbonyl (C=O) groups excluding carboxylic acids is 1. The van der Waals surface area contributed by atoms with E-state index in [0.29, 0.717) is 55.6 Å². The molecule has 0 aromatic heterocycles. The van der Waals surface area contributed by atoms with Crippen LogP contribution in [0.3, 0.4) is 0 Å². The Kier molecular flexibility index (Phi) is 8.88. The van der Waals surface area contributed by atoms with Crippen LogP contribution in [-0.2, 0) is 14.6 Å². The minimum Gasteiger partial charge on any atom is -0.486 e. The molecule has 2 bridgehead atoms. The van der Waals surface area contributed by atoms with E-state index in [0.717, 1.165) is 51.6 Å². The monoisotopic (exact) mass is 560 g/mol. The summed E-state index contributed by atoms with van der Waals surface area (Å²) < 4.78 is 37.1. The van der Waals surface area contributed by atoms with E-state index in [-0.39, 0.29) is 18.1 Å². The van der Waals surface area contributed by atoms with Crippen LogP contribution in [0.2, 0.25) is 0 Å². The smallest absolute Gasteiger partial charge is 0.220 e. The zero-order valence-electron chi connectivity index (χ0n) is 23.2. The molecule has 39 heavy (non-hydrogen) atoms. The number of hydrogen-bond acceptors (Lipinski definition) is 7. The zero-order chi connectivity index (χ0) is 27.5. The Bertz CT molecular complexity index is 1160. The highest BCUT2D eigenvalue weighted by Crippen LogP contribution is 2.43. The van der Waals surface area contributed by atoms with Gasteiger partial charge in [0.15, 0.2) is 21.3 Å². The third-order valence-corrected chi connectivity index (χ3v) is 11.5. The highest BCUT2D eigenvalue weighted by atomic mass is 32.2. The highest BCUT2D eigenvalue weighted by Gasteiger charge is 2.42. The van der Waals surface area contributed by atoms with Crippen LogP contribution in [0.25, 0.3) is 0 Å². The van der Waals surface area contributed by atoms with Crippen molar-refractivity contribution in [2.24, 2.45) is 5.92 Å². The maximum atomic E-state index is 13.3. The molecule has 2 heterocycles. The van der Waals surface area contributed by atoms with Crippen molar-refractivity contribution >= 4 is 15.7 Å². The summed E-state index contributed by atoms with van der Waals surface area (Å²) in [5.41, 5.74) is 1.98. The molecule has 2 N–H and O–H groups in total. The molecule has 1 amide bonds. The second kappa shape index (κ2) is 12.2. The van der Waals surface area contributed by atoms with Crippen LogP contribution in [0.4, 0.5) is 0 Å². The summed E-state index contributed by atoms with van der Waals surface area (Å²) in [6.07, 6.45) is 9.66. The molecule has 8 nitrogen and oxygen atoms in total. The molecule has 1 aromatic rings. The van der Waals surface area contributed by atoms with Gasteiger partial charge < -0.3 is 24.8 Å². The van der Waals surface area contributed by atoms with Crippen LogP contribution in [0.5, 0.6) is 11.5 Å². The summed E-state index contributed by atoms with van der Waals surface area (Å²) in [4.78, 5) is 15.2. The lowest BCUT2D eigenvalue weighted by molar-refractivity contribution is -0.123. The summed E-state index contributed by atoms with van der Waals surface area (Å²) in [7, 11) is -3.30. The van der Waals surface area contributed by atoms with Crippen molar-refractivity contribution in [2.45, 2.75) is 88.0 Å². The second-order valence-electron chi connectivity index (χ2n) is 12.1. The number of unbranched alkanes of at least 4 members (excludes halogenated alkanes) is 1. The van der Waals surface area contributed by atoms with Gasteiger partial charge in [-0.2, -0.15) is 0 Å². The van der Waals surface area contributed by atoms with Gasteiger partial charge in [-0.3, -0.25) is 4.79 Å². The molecule has 4 aliphatic rings. The van der Waals surface area contributed by atoms with E-state index in [1.54, 1.807) is 12.1 Å². The molecule has 5 rings (SSSR count). The van der Waals surface area contributed by atoms with Gasteiger partial charge in [-0.15, -0.1) is 0 Å². The number of allylic oxidation sites excluding steroid dienone is 1. The number of sulfone groups is 1. The van der Waals surface area contributed by atoms with E-state index in [9.17, 15) is 18.3 Å². The normalized spacial score (nSPS) is 26.5. The SMILES string of the molecule is CC1(S(=O)(=O)CCCCC(=O)N[C@H](CN2CCCC2)[C@H](O)c2ccc3c(c2)OCCO3)C=C2CCCC(C2)C1. The van der Waals surface area contributed by atoms with Crippen LogP contribution in [0.15, 0.2) is 29.8 Å². The lowest BCUT2D eigenvalue weighted by Crippen LogP contribution is -2.46. The van der Waals surface area contributed by atoms with Gasteiger partial charge in [-0.25, -0.2) is 8.42 Å². The highest BCUT2D eigenvalue weighted by molar-refractivity contribution is 7.92. The van der Waals surface area contributed by atoms with E-state index >= 15 is 0 Å². The number of aliphatic hydroxyl groups is 1. The van der Waals surface area contributed by atoms with Crippen LogP contribution >= 0.6 is 0 Å². The fraction of sp³-hybridized carbons (Fsp3) is 0.700. The Hall–Kier alpha value is -2.10. The third kappa shape index (κ3) is 6.80. The third-order valence-electron chi connectivity index (χ3n) is 8.93. The number of benzene rings is 1. The average molecular weight is 561 g/mol. The number of rotatable bonds is 11. The Morgan fingerprint density at radius 2 is 1.92 bits per heavy atom. The van der Waals surface area contributed by atoms with Crippen molar-refractivity contribution in [3.05, 3.63) is 35.4 Å². The van der Waals surface area contributed by atoms with Crippen molar-refractivity contribution < 1.29 is 27.8 Å². The first kappa shape index (κ1) is 28.4. The molecule has 2 aliphatic heterocycles. The number of likely N-dealkylation sites (tertiary alicyclic amines) is 1. The molecular weight excluding hydrogens is 516 g/mol. The first-order chi connectivity index (χ1) is 18.7. The molecule has 2 fully saturated rings. The number of fused-ring (bicyclic) bond motifs is 3. The molecule has 0 radical (unpaired) electrons. The molecule has 9 heteroatoms. The lowest BCUT2D eigenvalue weighted by atomic mass is 9.74. The molecular formula is C30H44N2O6S. The van der Waals surface area contributed by atoms with Gasteiger partial charge in [0.2, 0.25) is 5.91 Å². The molecule has 1 saturated carbocycles. The molecule has 216 valence electrons. The standard InChI is InChI=1S/C30H44N2O6S/c1-30(19-22-7-6-8-23(17-22)20-30)39(35,36)16-5-2-9-28(33)31-25(21-32-12-3-4-13-32)29(34)24-10-11-26-27(18-24)38-15-14-37-26/h10-11,18-19,23,25,29,34H,2-9,12-17,20-21H2,1H3,(H,31,33)/t23?,25-,29-,30?/m1/s1. The topological polar surface area (TPSA) is 105 Å². The summed E-state index contributed by atoms with van der Waals surface area (Å²) in [5, 5.41) is 14.3. The minimum absolute atomic E-state index is 0.101. The van der Waals surface area contributed by atoms with E-state index in [1.807, 2.05) is 19.1 Å².